The zero-order valence-electron chi connectivity index (χ0n) is 14.0. The zero-order valence-corrected chi connectivity index (χ0v) is 14.0. The summed E-state index contributed by atoms with van der Waals surface area (Å²) in [6.07, 6.45) is 0.771. The van der Waals surface area contributed by atoms with Crippen LogP contribution in [0.1, 0.15) is 34.1 Å². The Kier molecular flexibility index (Phi) is 5.98. The van der Waals surface area contributed by atoms with Crippen molar-refractivity contribution >= 4 is 5.97 Å². The number of rotatable bonds is 6. The van der Waals surface area contributed by atoms with Gasteiger partial charge in [-0.1, -0.05) is 6.92 Å². The molecule has 0 aromatic heterocycles. The third kappa shape index (κ3) is 4.17. The van der Waals surface area contributed by atoms with E-state index in [0.717, 1.165) is 39.1 Å². The quantitative estimate of drug-likeness (QED) is 0.736. The van der Waals surface area contributed by atoms with Crippen LogP contribution in [0.3, 0.4) is 0 Å². The van der Waals surface area contributed by atoms with Crippen LogP contribution in [-0.4, -0.2) is 73.7 Å². The molecule has 1 saturated heterocycles. The number of piperazine rings is 1. The number of esters is 1. The maximum Gasteiger partial charge on any atom is 0.325 e. The highest BCUT2D eigenvalue weighted by molar-refractivity contribution is 5.80. The number of carbonyl (C=O) groups is 1. The van der Waals surface area contributed by atoms with Crippen LogP contribution in [-0.2, 0) is 9.53 Å². The summed E-state index contributed by atoms with van der Waals surface area (Å²) in [6.45, 7) is 13.3. The molecule has 0 radical (unpaired) electrons. The summed E-state index contributed by atoms with van der Waals surface area (Å²) < 4.78 is 4.94. The minimum absolute atomic E-state index is 0.173. The highest BCUT2D eigenvalue weighted by atomic mass is 16.5. The van der Waals surface area contributed by atoms with Crippen molar-refractivity contribution in [2.75, 3.05) is 46.9 Å². The number of ether oxygens (including phenoxy) is 1. The second-order valence-electron chi connectivity index (χ2n) is 6.61. The van der Waals surface area contributed by atoms with Crippen molar-refractivity contribution in [3.63, 3.8) is 0 Å². The lowest BCUT2D eigenvalue weighted by molar-refractivity contribution is -0.148. The Labute approximate surface area is 123 Å². The van der Waals surface area contributed by atoms with Gasteiger partial charge in [0.25, 0.3) is 0 Å². The largest absolute Gasteiger partial charge is 0.468 e. The van der Waals surface area contributed by atoms with Gasteiger partial charge in [0.15, 0.2) is 0 Å². The van der Waals surface area contributed by atoms with Crippen molar-refractivity contribution in [3.05, 3.63) is 0 Å². The van der Waals surface area contributed by atoms with Gasteiger partial charge in [-0.15, -0.1) is 0 Å². The van der Waals surface area contributed by atoms with Gasteiger partial charge >= 0.3 is 5.97 Å². The molecule has 1 rings (SSSR count). The number of nitrogens with one attached hydrogen (secondary N) is 1. The average Bonchev–Trinajstić information content (AvgIpc) is 2.39. The fraction of sp³-hybridized carbons (Fsp3) is 0.933. The second kappa shape index (κ2) is 6.87. The van der Waals surface area contributed by atoms with Gasteiger partial charge in [0.05, 0.1) is 7.11 Å². The van der Waals surface area contributed by atoms with Crippen molar-refractivity contribution in [1.29, 1.82) is 0 Å². The first kappa shape index (κ1) is 17.4. The molecule has 0 saturated carbocycles. The standard InChI is InChI=1S/C15H31N3O2/c1-7-16-15(4,13(19)20-6)8-9-18-11-10-17(5)14(2,3)12-18/h16H,7-12H2,1-6H3. The number of nitrogens with zero attached hydrogens (tertiary/aromatic N) is 2. The number of likely N-dealkylation sites (N-methyl/N-ethyl adjacent to an activating group) is 2. The Morgan fingerprint density at radius 3 is 2.55 bits per heavy atom. The molecule has 5 nitrogen and oxygen atoms in total. The summed E-state index contributed by atoms with van der Waals surface area (Å²) in [5, 5.41) is 3.27. The van der Waals surface area contributed by atoms with Gasteiger partial charge < -0.3 is 15.0 Å². The Bertz CT molecular complexity index is 333. The lowest BCUT2D eigenvalue weighted by atomic mass is 9.95. The Morgan fingerprint density at radius 2 is 2.05 bits per heavy atom. The molecule has 0 spiro atoms. The molecule has 1 fully saturated rings. The number of methoxy groups -OCH3 is 1. The minimum Gasteiger partial charge on any atom is -0.468 e. The van der Waals surface area contributed by atoms with E-state index in [1.807, 2.05) is 13.8 Å². The Hall–Kier alpha value is -0.650. The monoisotopic (exact) mass is 285 g/mol. The van der Waals surface area contributed by atoms with E-state index in [1.54, 1.807) is 0 Å². The van der Waals surface area contributed by atoms with Crippen LogP contribution >= 0.6 is 0 Å². The fourth-order valence-corrected chi connectivity index (χ4v) is 2.79. The first-order chi connectivity index (χ1) is 9.25. The maximum absolute atomic E-state index is 12.0. The van der Waals surface area contributed by atoms with E-state index in [4.69, 9.17) is 4.74 Å². The third-order valence-electron chi connectivity index (χ3n) is 4.53. The molecule has 0 bridgehead atoms. The van der Waals surface area contributed by atoms with Crippen LogP contribution in [0.2, 0.25) is 0 Å². The molecule has 1 heterocycles. The summed E-state index contributed by atoms with van der Waals surface area (Å²) in [4.78, 5) is 16.8. The van der Waals surface area contributed by atoms with Gasteiger partial charge in [0.1, 0.15) is 5.54 Å². The predicted octanol–water partition coefficient (Wildman–Crippen LogP) is 0.944. The van der Waals surface area contributed by atoms with Crippen molar-refractivity contribution in [1.82, 2.24) is 15.1 Å². The van der Waals surface area contributed by atoms with E-state index >= 15 is 0 Å². The molecule has 0 amide bonds. The summed E-state index contributed by atoms with van der Waals surface area (Å²) in [7, 11) is 3.63. The van der Waals surface area contributed by atoms with Crippen molar-refractivity contribution in [2.45, 2.75) is 45.2 Å². The summed E-state index contributed by atoms with van der Waals surface area (Å²) in [5.41, 5.74) is -0.394. The smallest absolute Gasteiger partial charge is 0.325 e. The van der Waals surface area contributed by atoms with Crippen LogP contribution in [0.4, 0.5) is 0 Å². The van der Waals surface area contributed by atoms with Gasteiger partial charge in [-0.2, -0.15) is 0 Å². The molecule has 0 aromatic rings. The molecule has 118 valence electrons. The van der Waals surface area contributed by atoms with Crippen LogP contribution in [0.25, 0.3) is 0 Å². The molecule has 1 unspecified atom stereocenters. The second-order valence-corrected chi connectivity index (χ2v) is 6.61. The van der Waals surface area contributed by atoms with E-state index < -0.39 is 5.54 Å². The van der Waals surface area contributed by atoms with Gasteiger partial charge in [-0.3, -0.25) is 9.69 Å². The number of carbonyl (C=O) groups excluding carboxylic acids is 1. The molecule has 1 atom stereocenters. The normalized spacial score (nSPS) is 23.3. The van der Waals surface area contributed by atoms with E-state index in [9.17, 15) is 4.79 Å². The summed E-state index contributed by atoms with van der Waals surface area (Å²) >= 11 is 0. The van der Waals surface area contributed by atoms with Gasteiger partial charge in [0, 0.05) is 31.7 Å². The lowest BCUT2D eigenvalue weighted by Gasteiger charge is -2.46. The first-order valence-electron chi connectivity index (χ1n) is 7.52. The van der Waals surface area contributed by atoms with E-state index in [2.05, 4.69) is 36.0 Å². The minimum atomic E-state index is -0.586. The number of hydrogen-bond acceptors (Lipinski definition) is 5. The van der Waals surface area contributed by atoms with Crippen molar-refractivity contribution < 1.29 is 9.53 Å². The molecule has 1 aliphatic rings. The van der Waals surface area contributed by atoms with E-state index in [0.29, 0.717) is 0 Å². The molecule has 5 heteroatoms. The van der Waals surface area contributed by atoms with Crippen molar-refractivity contribution in [2.24, 2.45) is 0 Å². The van der Waals surface area contributed by atoms with Crippen LogP contribution in [0.5, 0.6) is 0 Å². The predicted molar refractivity (Wildman–Crippen MR) is 81.9 cm³/mol. The highest BCUT2D eigenvalue weighted by Crippen LogP contribution is 2.20. The third-order valence-corrected chi connectivity index (χ3v) is 4.53. The lowest BCUT2D eigenvalue weighted by Crippen LogP contribution is -2.59. The molecule has 0 aliphatic carbocycles. The SMILES string of the molecule is CCNC(C)(CCN1CCN(C)C(C)(C)C1)C(=O)OC. The Balaban J connectivity index is 2.58. The molecule has 1 N–H and O–H groups in total. The maximum atomic E-state index is 12.0. The topological polar surface area (TPSA) is 44.8 Å². The fourth-order valence-electron chi connectivity index (χ4n) is 2.79. The summed E-state index contributed by atoms with van der Waals surface area (Å²) in [6, 6.07) is 0. The van der Waals surface area contributed by atoms with Crippen LogP contribution in [0, 0.1) is 0 Å². The van der Waals surface area contributed by atoms with Gasteiger partial charge in [0.2, 0.25) is 0 Å². The molecular weight excluding hydrogens is 254 g/mol. The number of hydrogen-bond donors (Lipinski definition) is 1. The average molecular weight is 285 g/mol. The highest BCUT2D eigenvalue weighted by Gasteiger charge is 2.36. The van der Waals surface area contributed by atoms with Gasteiger partial charge in [-0.05, 0) is 40.8 Å². The first-order valence-corrected chi connectivity index (χ1v) is 7.52. The molecule has 20 heavy (non-hydrogen) atoms. The molecule has 1 aliphatic heterocycles. The zero-order chi connectivity index (χ0) is 15.4. The van der Waals surface area contributed by atoms with Crippen molar-refractivity contribution in [3.8, 4) is 0 Å². The van der Waals surface area contributed by atoms with E-state index in [-0.39, 0.29) is 11.5 Å². The van der Waals surface area contributed by atoms with Crippen LogP contribution < -0.4 is 5.32 Å². The Morgan fingerprint density at radius 1 is 1.40 bits per heavy atom. The van der Waals surface area contributed by atoms with Gasteiger partial charge in [-0.25, -0.2) is 0 Å². The molecule has 0 aromatic carbocycles. The van der Waals surface area contributed by atoms with E-state index in [1.165, 1.54) is 7.11 Å². The summed E-state index contributed by atoms with van der Waals surface area (Å²) in [5.74, 6) is -0.173. The van der Waals surface area contributed by atoms with Crippen LogP contribution in [0.15, 0.2) is 0 Å². The molecular formula is C15H31N3O2.